The first kappa shape index (κ1) is 21.6. The summed E-state index contributed by atoms with van der Waals surface area (Å²) in [6, 6.07) is 13.7. The van der Waals surface area contributed by atoms with Crippen LogP contribution in [0, 0.1) is 5.82 Å². The number of carbonyl (C=O) groups is 1. The third-order valence-corrected chi connectivity index (χ3v) is 5.48. The fourth-order valence-corrected chi connectivity index (χ4v) is 3.97. The van der Waals surface area contributed by atoms with E-state index in [1.165, 1.54) is 31.4 Å². The van der Waals surface area contributed by atoms with E-state index >= 15 is 0 Å². The third-order valence-electron chi connectivity index (χ3n) is 4.92. The van der Waals surface area contributed by atoms with Gasteiger partial charge in [-0.1, -0.05) is 23.2 Å². The summed E-state index contributed by atoms with van der Waals surface area (Å²) in [5.74, 6) is 0.271. The van der Waals surface area contributed by atoms with Crippen LogP contribution in [0.5, 0.6) is 17.2 Å². The average molecular weight is 461 g/mol. The Labute approximate surface area is 189 Å². The smallest absolute Gasteiger partial charge is 0.196 e. The molecule has 5 nitrogen and oxygen atoms in total. The molecular formula is C23H19Cl2FN2O3. The number of methoxy groups -OCH3 is 1. The third kappa shape index (κ3) is 4.67. The highest BCUT2D eigenvalue weighted by atomic mass is 35.5. The summed E-state index contributed by atoms with van der Waals surface area (Å²) in [6.07, 6.45) is -0.0232. The molecule has 0 atom stereocenters. The molecule has 0 radical (unpaired) electrons. The standard InChI is InChI=1S/C23H19Cl2FN2O3/c1-30-20-7-6-16(12-17(20)21(29)13-2-4-15(26)5-3-13)31-22-18(24)10-14(11-19(22)25)23-27-8-9-28-23/h2-7,10-12,23,27-28H,8-9H2,1H3. The molecule has 31 heavy (non-hydrogen) atoms. The summed E-state index contributed by atoms with van der Waals surface area (Å²) in [7, 11) is 1.47. The van der Waals surface area contributed by atoms with Crippen molar-refractivity contribution in [2.75, 3.05) is 20.2 Å². The number of hydrogen-bond donors (Lipinski definition) is 2. The number of carbonyl (C=O) groups excluding carboxylic acids is 1. The van der Waals surface area contributed by atoms with E-state index in [1.807, 2.05) is 0 Å². The zero-order valence-corrected chi connectivity index (χ0v) is 18.1. The molecule has 1 heterocycles. The molecule has 1 fully saturated rings. The molecule has 160 valence electrons. The number of ether oxygens (including phenoxy) is 2. The Morgan fingerprint density at radius 2 is 1.65 bits per heavy atom. The van der Waals surface area contributed by atoms with E-state index in [2.05, 4.69) is 10.6 Å². The fourth-order valence-electron chi connectivity index (χ4n) is 3.39. The lowest BCUT2D eigenvalue weighted by Gasteiger charge is -2.16. The van der Waals surface area contributed by atoms with Gasteiger partial charge in [0.25, 0.3) is 0 Å². The second-order valence-corrected chi connectivity index (χ2v) is 7.77. The summed E-state index contributed by atoms with van der Waals surface area (Å²) in [5.41, 5.74) is 1.51. The summed E-state index contributed by atoms with van der Waals surface area (Å²) in [4.78, 5) is 12.9. The quantitative estimate of drug-likeness (QED) is 0.485. The van der Waals surface area contributed by atoms with E-state index in [1.54, 1.807) is 30.3 Å². The van der Waals surface area contributed by atoms with Gasteiger partial charge in [-0.25, -0.2) is 4.39 Å². The van der Waals surface area contributed by atoms with Gasteiger partial charge in [-0.2, -0.15) is 0 Å². The number of hydrogen-bond acceptors (Lipinski definition) is 5. The van der Waals surface area contributed by atoms with Gasteiger partial charge in [-0.05, 0) is 60.2 Å². The first-order chi connectivity index (χ1) is 15.0. The number of ketones is 1. The average Bonchev–Trinajstić information content (AvgIpc) is 3.31. The van der Waals surface area contributed by atoms with Crippen LogP contribution in [0.4, 0.5) is 4.39 Å². The van der Waals surface area contributed by atoms with Crippen molar-refractivity contribution in [2.45, 2.75) is 6.17 Å². The van der Waals surface area contributed by atoms with E-state index in [4.69, 9.17) is 32.7 Å². The van der Waals surface area contributed by atoms with Crippen molar-refractivity contribution in [1.29, 1.82) is 0 Å². The highest BCUT2D eigenvalue weighted by Crippen LogP contribution is 2.39. The van der Waals surface area contributed by atoms with Crippen LogP contribution < -0.4 is 20.1 Å². The molecule has 0 aromatic heterocycles. The zero-order valence-electron chi connectivity index (χ0n) is 16.5. The van der Waals surface area contributed by atoms with Gasteiger partial charge in [0, 0.05) is 18.7 Å². The van der Waals surface area contributed by atoms with Gasteiger partial charge in [-0.15, -0.1) is 0 Å². The predicted octanol–water partition coefficient (Wildman–Crippen LogP) is 5.36. The van der Waals surface area contributed by atoms with Crippen molar-refractivity contribution in [1.82, 2.24) is 10.6 Å². The van der Waals surface area contributed by atoms with Crippen molar-refractivity contribution in [3.8, 4) is 17.2 Å². The van der Waals surface area contributed by atoms with Crippen molar-refractivity contribution in [3.63, 3.8) is 0 Å². The summed E-state index contributed by atoms with van der Waals surface area (Å²) in [6.45, 7) is 1.71. The van der Waals surface area contributed by atoms with Crippen LogP contribution in [0.3, 0.4) is 0 Å². The maximum Gasteiger partial charge on any atom is 0.196 e. The first-order valence-corrected chi connectivity index (χ1v) is 10.3. The van der Waals surface area contributed by atoms with E-state index in [0.717, 1.165) is 18.7 Å². The van der Waals surface area contributed by atoms with Crippen LogP contribution in [-0.4, -0.2) is 26.0 Å². The largest absolute Gasteiger partial charge is 0.496 e. The van der Waals surface area contributed by atoms with E-state index in [9.17, 15) is 9.18 Å². The van der Waals surface area contributed by atoms with Crippen LogP contribution >= 0.6 is 23.2 Å². The highest BCUT2D eigenvalue weighted by Gasteiger charge is 2.21. The number of nitrogens with one attached hydrogen (secondary N) is 2. The molecule has 0 spiro atoms. The molecule has 3 aromatic carbocycles. The Hall–Kier alpha value is -2.64. The minimum Gasteiger partial charge on any atom is -0.496 e. The second kappa shape index (κ2) is 9.24. The molecular weight excluding hydrogens is 442 g/mol. The molecule has 0 saturated carbocycles. The Kier molecular flexibility index (Phi) is 6.43. The second-order valence-electron chi connectivity index (χ2n) is 6.96. The van der Waals surface area contributed by atoms with Crippen molar-refractivity contribution < 1.29 is 18.7 Å². The molecule has 0 amide bonds. The molecule has 2 N–H and O–H groups in total. The Morgan fingerprint density at radius 1 is 1.00 bits per heavy atom. The van der Waals surface area contributed by atoms with Crippen LogP contribution in [-0.2, 0) is 0 Å². The lowest BCUT2D eigenvalue weighted by atomic mass is 10.0. The van der Waals surface area contributed by atoms with Crippen molar-refractivity contribution in [2.24, 2.45) is 0 Å². The molecule has 0 aliphatic carbocycles. The molecule has 8 heteroatoms. The maximum absolute atomic E-state index is 13.2. The Bertz CT molecular complexity index is 1090. The van der Waals surface area contributed by atoms with Gasteiger partial charge >= 0.3 is 0 Å². The molecule has 1 saturated heterocycles. The van der Waals surface area contributed by atoms with Gasteiger partial charge in [0.1, 0.15) is 17.3 Å². The Morgan fingerprint density at radius 3 is 2.26 bits per heavy atom. The summed E-state index contributed by atoms with van der Waals surface area (Å²) < 4.78 is 24.5. The van der Waals surface area contributed by atoms with Gasteiger partial charge in [-0.3, -0.25) is 15.4 Å². The Balaban J connectivity index is 1.64. The normalized spacial score (nSPS) is 13.9. The van der Waals surface area contributed by atoms with Crippen molar-refractivity contribution in [3.05, 3.63) is 87.2 Å². The molecule has 4 rings (SSSR count). The van der Waals surface area contributed by atoms with Gasteiger partial charge in [0.2, 0.25) is 0 Å². The van der Waals surface area contributed by atoms with Crippen LogP contribution in [0.1, 0.15) is 27.7 Å². The van der Waals surface area contributed by atoms with Crippen LogP contribution in [0.2, 0.25) is 10.0 Å². The fraction of sp³-hybridized carbons (Fsp3) is 0.174. The van der Waals surface area contributed by atoms with Gasteiger partial charge in [0.05, 0.1) is 28.9 Å². The molecule has 1 aliphatic rings. The van der Waals surface area contributed by atoms with E-state index in [0.29, 0.717) is 27.1 Å². The zero-order chi connectivity index (χ0) is 22.0. The van der Waals surface area contributed by atoms with Crippen LogP contribution in [0.15, 0.2) is 54.6 Å². The predicted molar refractivity (Wildman–Crippen MR) is 118 cm³/mol. The van der Waals surface area contributed by atoms with Gasteiger partial charge < -0.3 is 9.47 Å². The minimum absolute atomic E-state index is 0.0232. The van der Waals surface area contributed by atoms with Gasteiger partial charge in [0.15, 0.2) is 11.5 Å². The lowest BCUT2D eigenvalue weighted by Crippen LogP contribution is -2.21. The van der Waals surface area contributed by atoms with Crippen molar-refractivity contribution >= 4 is 29.0 Å². The maximum atomic E-state index is 13.2. The SMILES string of the molecule is COc1ccc(Oc2c(Cl)cc(C3NCCN3)cc2Cl)cc1C(=O)c1ccc(F)cc1. The summed E-state index contributed by atoms with van der Waals surface area (Å²) >= 11 is 12.9. The topological polar surface area (TPSA) is 59.6 Å². The number of rotatable bonds is 6. The van der Waals surface area contributed by atoms with Crippen LogP contribution in [0.25, 0.3) is 0 Å². The number of benzene rings is 3. The molecule has 3 aromatic rings. The highest BCUT2D eigenvalue weighted by molar-refractivity contribution is 6.37. The summed E-state index contributed by atoms with van der Waals surface area (Å²) in [5, 5.41) is 7.30. The van der Waals surface area contributed by atoms with E-state index < -0.39 is 5.82 Å². The first-order valence-electron chi connectivity index (χ1n) is 9.58. The monoisotopic (exact) mass is 460 g/mol. The molecule has 0 bridgehead atoms. The van der Waals surface area contributed by atoms with E-state index in [-0.39, 0.29) is 23.3 Å². The molecule has 0 unspecified atom stereocenters. The molecule has 1 aliphatic heterocycles. The minimum atomic E-state index is -0.420. The lowest BCUT2D eigenvalue weighted by molar-refractivity contribution is 0.103. The number of halogens is 3.